The van der Waals surface area contributed by atoms with Crippen LogP contribution in [0, 0.1) is 0 Å². The van der Waals surface area contributed by atoms with E-state index >= 15 is 0 Å². The molecule has 0 amide bonds. The van der Waals surface area contributed by atoms with Crippen molar-refractivity contribution in [2.75, 3.05) is 7.05 Å². The fourth-order valence-corrected chi connectivity index (χ4v) is 40.6. The zero-order valence-electron chi connectivity index (χ0n) is 15.4. The first kappa shape index (κ1) is 20.4. The van der Waals surface area contributed by atoms with E-state index in [1.807, 2.05) is 0 Å². The number of hydrogen-bond acceptors (Lipinski definition) is 2. The van der Waals surface area contributed by atoms with Crippen LogP contribution in [0.1, 0.15) is 13.8 Å². The van der Waals surface area contributed by atoms with Gasteiger partial charge >= 0.3 is 134 Å². The molecule has 0 spiro atoms. The van der Waals surface area contributed by atoms with Crippen LogP contribution in [0.4, 0.5) is 0 Å². The van der Waals surface area contributed by atoms with Gasteiger partial charge in [0.1, 0.15) is 0 Å². The third-order valence-electron chi connectivity index (χ3n) is 3.22. The van der Waals surface area contributed by atoms with E-state index in [1.165, 1.54) is 0 Å². The summed E-state index contributed by atoms with van der Waals surface area (Å²) in [4.78, 5) is 0. The second-order valence-electron chi connectivity index (χ2n) is 8.76. The quantitative estimate of drug-likeness (QED) is 0.571. The van der Waals surface area contributed by atoms with Crippen LogP contribution in [0.5, 0.6) is 0 Å². The molecule has 0 aliphatic carbocycles. The van der Waals surface area contributed by atoms with Gasteiger partial charge in [-0.2, -0.15) is 0 Å². The van der Waals surface area contributed by atoms with Gasteiger partial charge < -0.3 is 0 Å². The molecule has 0 aromatic heterocycles. The van der Waals surface area contributed by atoms with Crippen molar-refractivity contribution in [2.24, 2.45) is 0 Å². The first-order valence-electron chi connectivity index (χ1n) is 7.43. The van der Waals surface area contributed by atoms with Crippen molar-refractivity contribution in [2.45, 2.75) is 76.6 Å². The topological polar surface area (TPSA) is 6.48 Å². The molecule has 0 aromatic rings. The Labute approximate surface area is 133 Å². The Morgan fingerprint density at radius 1 is 0.684 bits per heavy atom. The molecule has 0 aromatic carbocycles. The average Bonchev–Trinajstić information content (AvgIpc) is 2.06. The summed E-state index contributed by atoms with van der Waals surface area (Å²) < 4.78 is 6.95. The van der Waals surface area contributed by atoms with E-state index in [-0.39, 0.29) is 0 Å². The van der Waals surface area contributed by atoms with Crippen LogP contribution in [0.15, 0.2) is 0 Å². The predicted molar refractivity (Wildman–Crippen MR) is 100 cm³/mol. The Kier molecular flexibility index (Phi) is 7.14. The van der Waals surface area contributed by atoms with E-state index < -0.39 is 45.5 Å². The third-order valence-corrected chi connectivity index (χ3v) is 36.8. The van der Waals surface area contributed by atoms with E-state index in [0.717, 1.165) is 3.86 Å². The Hall–Kier alpha value is 1.39. The Morgan fingerprint density at radius 2 is 1.00 bits per heavy atom. The van der Waals surface area contributed by atoms with Crippen molar-refractivity contribution in [1.82, 2.24) is 5.11 Å². The van der Waals surface area contributed by atoms with Crippen LogP contribution < -0.4 is 0 Å². The molecule has 0 unspecified atom stereocenters. The molecule has 2 nitrogen and oxygen atoms in total. The van der Waals surface area contributed by atoms with Gasteiger partial charge in [-0.15, -0.1) is 0 Å². The molecular formula is C13H37N2SbSi3. The molecule has 0 saturated carbocycles. The summed E-state index contributed by atoms with van der Waals surface area (Å²) in [7, 11) is -1.21. The molecule has 0 aliphatic heterocycles. The maximum atomic E-state index is 3.16. The Morgan fingerprint density at radius 3 is 1.16 bits per heavy atom. The van der Waals surface area contributed by atoms with Gasteiger partial charge in [-0.1, -0.05) is 0 Å². The van der Waals surface area contributed by atoms with Gasteiger partial charge in [0.25, 0.3) is 0 Å². The van der Waals surface area contributed by atoms with Crippen LogP contribution in [0.25, 0.3) is 0 Å². The van der Waals surface area contributed by atoms with Crippen molar-refractivity contribution in [1.29, 1.82) is 0 Å². The van der Waals surface area contributed by atoms with Crippen LogP contribution in [-0.2, 0) is 0 Å². The molecule has 0 rings (SSSR count). The molecule has 0 bridgehead atoms. The van der Waals surface area contributed by atoms with Gasteiger partial charge in [0.15, 0.2) is 0 Å². The van der Waals surface area contributed by atoms with Crippen molar-refractivity contribution >= 4 is 45.5 Å². The van der Waals surface area contributed by atoms with Gasteiger partial charge in [0.2, 0.25) is 0 Å². The summed E-state index contributed by atoms with van der Waals surface area (Å²) in [5, 5.41) is 0. The molecule has 19 heavy (non-hydrogen) atoms. The monoisotopic (exact) mass is 426 g/mol. The summed E-state index contributed by atoms with van der Waals surface area (Å²) in [6.45, 7) is 27.8. The normalized spacial score (nSPS) is 15.2. The minimum absolute atomic E-state index is 0.873. The molecule has 0 heterocycles. The minimum atomic E-state index is -1.57. The second kappa shape index (κ2) is 6.65. The number of nitrogens with zero attached hydrogens (tertiary/aromatic N) is 2. The van der Waals surface area contributed by atoms with Gasteiger partial charge in [-0.3, -0.25) is 0 Å². The summed E-state index contributed by atoms with van der Waals surface area (Å²) >= 11 is -1.57. The maximum absolute atomic E-state index is 3.16. The second-order valence-corrected chi connectivity index (χ2v) is 34.8. The Balaban J connectivity index is 5.70. The van der Waals surface area contributed by atoms with Crippen LogP contribution in [0.3, 0.4) is 0 Å². The molecule has 0 atom stereocenters. The van der Waals surface area contributed by atoms with E-state index in [4.69, 9.17) is 0 Å². The van der Waals surface area contributed by atoms with Gasteiger partial charge in [0, 0.05) is 0 Å². The van der Waals surface area contributed by atoms with Crippen LogP contribution in [-0.4, -0.2) is 57.6 Å². The summed E-state index contributed by atoms with van der Waals surface area (Å²) in [6.07, 6.45) is 0. The molecule has 0 radical (unpaired) electrons. The molecule has 0 N–H and O–H groups in total. The van der Waals surface area contributed by atoms with E-state index in [2.05, 4.69) is 84.9 Å². The van der Waals surface area contributed by atoms with E-state index in [9.17, 15) is 0 Å². The Bertz CT molecular complexity index is 276. The first-order chi connectivity index (χ1) is 8.10. The van der Waals surface area contributed by atoms with E-state index in [1.54, 1.807) is 0 Å². The molecule has 6 heteroatoms. The molecular weight excluding hydrogens is 390 g/mol. The standard InChI is InChI=1S/C6H18NSi2.C4H12NSi.C3H7.Sb/c1-8(2,3)7-9(4,5)6;1-5-6(2,3)4;1-3-2;/h1-6H3;1-4H3;3H,1-2H3;/q2*-1;;+2. The van der Waals surface area contributed by atoms with Crippen molar-refractivity contribution < 1.29 is 0 Å². The first-order valence-corrected chi connectivity index (χ1v) is 21.5. The van der Waals surface area contributed by atoms with Crippen molar-refractivity contribution in [3.8, 4) is 0 Å². The van der Waals surface area contributed by atoms with Gasteiger partial charge in [0.05, 0.1) is 0 Å². The number of hydrogen-bond donors (Lipinski definition) is 0. The molecule has 0 aliphatic rings. The van der Waals surface area contributed by atoms with Crippen molar-refractivity contribution in [3.63, 3.8) is 0 Å². The number of rotatable bonds is 6. The zero-order valence-corrected chi connectivity index (χ0v) is 21.0. The van der Waals surface area contributed by atoms with Crippen LogP contribution in [0.2, 0.25) is 62.8 Å². The van der Waals surface area contributed by atoms with Crippen LogP contribution >= 0.6 is 0 Å². The fraction of sp³-hybridized carbons (Fsp3) is 1.00. The average molecular weight is 427 g/mol. The summed E-state index contributed by atoms with van der Waals surface area (Å²) in [5.74, 6) is 0. The zero-order chi connectivity index (χ0) is 15.8. The van der Waals surface area contributed by atoms with Gasteiger partial charge in [-0.05, 0) is 0 Å². The van der Waals surface area contributed by atoms with E-state index in [0.29, 0.717) is 0 Å². The summed E-state index contributed by atoms with van der Waals surface area (Å²) in [6, 6.07) is 0. The fourth-order valence-electron chi connectivity index (χ4n) is 2.64. The summed E-state index contributed by atoms with van der Waals surface area (Å²) in [5.41, 5.74) is 0. The molecule has 116 valence electrons. The predicted octanol–water partition coefficient (Wildman–Crippen LogP) is 4.62. The molecule has 0 fully saturated rings. The molecule has 0 saturated heterocycles. The van der Waals surface area contributed by atoms with Crippen molar-refractivity contribution in [3.05, 3.63) is 0 Å². The third kappa shape index (κ3) is 5.95. The van der Waals surface area contributed by atoms with Gasteiger partial charge in [-0.25, -0.2) is 0 Å². The SMILES string of the molecule is C[CH](C)[Sb]([N](C)[Si](C)(C)C)[N]([Si](C)(C)C)[Si](C)(C)C.